The summed E-state index contributed by atoms with van der Waals surface area (Å²) < 4.78 is 39.9. The van der Waals surface area contributed by atoms with E-state index in [4.69, 9.17) is 0 Å². The first-order chi connectivity index (χ1) is 10.8. The number of halogens is 3. The first-order valence-electron chi connectivity index (χ1n) is 7.90. The molecule has 5 heteroatoms. The highest BCUT2D eigenvalue weighted by atomic mass is 19.4. The number of benzene rings is 1. The van der Waals surface area contributed by atoms with E-state index >= 15 is 0 Å². The van der Waals surface area contributed by atoms with Crippen LogP contribution in [0.5, 0.6) is 0 Å². The Labute approximate surface area is 135 Å². The van der Waals surface area contributed by atoms with Crippen molar-refractivity contribution in [3.8, 4) is 0 Å². The topological polar surface area (TPSA) is 20.3 Å². The molecule has 1 aliphatic carbocycles. The lowest BCUT2D eigenvalue weighted by atomic mass is 9.86. The largest absolute Gasteiger partial charge is 0.417 e. The van der Waals surface area contributed by atoms with E-state index in [9.17, 15) is 18.0 Å². The quantitative estimate of drug-likeness (QED) is 0.740. The van der Waals surface area contributed by atoms with Gasteiger partial charge < -0.3 is 4.90 Å². The molecule has 2 rings (SSSR count). The number of allylic oxidation sites excluding steroid dienone is 1. The first kappa shape index (κ1) is 17.6. The van der Waals surface area contributed by atoms with E-state index in [-0.39, 0.29) is 11.6 Å². The maximum atomic E-state index is 13.3. The Hall–Kier alpha value is -1.78. The molecule has 0 saturated heterocycles. The Kier molecular flexibility index (Phi) is 5.50. The number of hydrogen-bond acceptors (Lipinski definition) is 1. The Morgan fingerprint density at radius 1 is 1.13 bits per heavy atom. The van der Waals surface area contributed by atoms with Gasteiger partial charge in [-0.25, -0.2) is 0 Å². The van der Waals surface area contributed by atoms with Crippen molar-refractivity contribution in [1.82, 2.24) is 4.90 Å². The number of amides is 1. The van der Waals surface area contributed by atoms with Gasteiger partial charge in [-0.1, -0.05) is 37.3 Å². The van der Waals surface area contributed by atoms with Crippen LogP contribution in [-0.2, 0) is 4.79 Å². The average Bonchev–Trinajstić information content (AvgIpc) is 2.52. The fraction of sp³-hybridized carbons (Fsp3) is 0.500. The molecule has 126 valence electrons. The van der Waals surface area contributed by atoms with Crippen molar-refractivity contribution in [3.05, 3.63) is 42.0 Å². The molecule has 0 aliphatic heterocycles. The van der Waals surface area contributed by atoms with Crippen molar-refractivity contribution in [2.75, 3.05) is 7.05 Å². The molecule has 1 fully saturated rings. The number of alkyl halides is 3. The number of hydrogen-bond donors (Lipinski definition) is 0. The lowest BCUT2D eigenvalue weighted by Crippen LogP contribution is -2.38. The van der Waals surface area contributed by atoms with Crippen LogP contribution in [-0.4, -0.2) is 30.1 Å². The third kappa shape index (κ3) is 4.60. The van der Waals surface area contributed by atoms with E-state index in [1.165, 1.54) is 29.2 Å². The number of rotatable bonds is 3. The summed E-state index contributed by atoms with van der Waals surface area (Å²) in [5.74, 6) is 0.0427. The molecule has 0 radical (unpaired) electrons. The molecular formula is C18H22F3NO. The van der Waals surface area contributed by atoms with Crippen LogP contribution in [0.15, 0.2) is 36.4 Å². The van der Waals surface area contributed by atoms with Crippen LogP contribution in [0.2, 0.25) is 0 Å². The summed E-state index contributed by atoms with van der Waals surface area (Å²) in [5.41, 5.74) is -0.877. The van der Waals surface area contributed by atoms with Crippen molar-refractivity contribution in [2.45, 2.75) is 44.8 Å². The Morgan fingerprint density at radius 2 is 1.70 bits per heavy atom. The molecule has 1 amide bonds. The van der Waals surface area contributed by atoms with Crippen LogP contribution in [0.3, 0.4) is 0 Å². The van der Waals surface area contributed by atoms with E-state index in [0.29, 0.717) is 5.92 Å². The molecule has 1 saturated carbocycles. The fourth-order valence-electron chi connectivity index (χ4n) is 2.98. The molecule has 0 atom stereocenters. The summed E-state index contributed by atoms with van der Waals surface area (Å²) in [6.07, 6.45) is -0.103. The van der Waals surface area contributed by atoms with Gasteiger partial charge in [0, 0.05) is 19.2 Å². The minimum atomic E-state index is -4.56. The number of carbonyl (C=O) groups is 1. The van der Waals surface area contributed by atoms with Crippen molar-refractivity contribution in [3.63, 3.8) is 0 Å². The molecule has 0 spiro atoms. The summed E-state index contributed by atoms with van der Waals surface area (Å²) in [7, 11) is 1.60. The minimum Gasteiger partial charge on any atom is -0.339 e. The van der Waals surface area contributed by atoms with Gasteiger partial charge >= 0.3 is 6.18 Å². The smallest absolute Gasteiger partial charge is 0.339 e. The fourth-order valence-corrected chi connectivity index (χ4v) is 2.98. The lowest BCUT2D eigenvalue weighted by molar-refractivity contribution is -0.127. The van der Waals surface area contributed by atoms with E-state index in [0.717, 1.165) is 31.8 Å². The molecule has 2 nitrogen and oxygen atoms in total. The first-order valence-corrected chi connectivity index (χ1v) is 7.90. The normalized spacial score (nSPS) is 22.7. The molecule has 1 aromatic rings. The zero-order valence-corrected chi connectivity index (χ0v) is 13.4. The van der Waals surface area contributed by atoms with E-state index < -0.39 is 17.7 Å². The van der Waals surface area contributed by atoms with Crippen LogP contribution >= 0.6 is 0 Å². The number of nitrogens with zero attached hydrogens (tertiary/aromatic N) is 1. The summed E-state index contributed by atoms with van der Waals surface area (Å²) in [4.78, 5) is 13.8. The summed E-state index contributed by atoms with van der Waals surface area (Å²) in [6, 6.07) is 7.48. The van der Waals surface area contributed by atoms with Gasteiger partial charge in [0.15, 0.2) is 0 Å². The second kappa shape index (κ2) is 7.20. The third-order valence-corrected chi connectivity index (χ3v) is 4.54. The standard InChI is InChI=1S/C18H22F3NO/c1-13-8-10-15(11-9-13)22(2)17(23)12-16(18(19,20)21)14-6-4-3-5-7-14/h3-7,12-13,15H,8-11H2,1-2H3/b16-12-. The van der Waals surface area contributed by atoms with Crippen molar-refractivity contribution in [1.29, 1.82) is 0 Å². The van der Waals surface area contributed by atoms with Gasteiger partial charge in [0.2, 0.25) is 5.91 Å². The zero-order chi connectivity index (χ0) is 17.0. The third-order valence-electron chi connectivity index (χ3n) is 4.54. The molecule has 0 heterocycles. The van der Waals surface area contributed by atoms with Crippen LogP contribution in [0, 0.1) is 5.92 Å². The zero-order valence-electron chi connectivity index (χ0n) is 13.4. The van der Waals surface area contributed by atoms with Crippen molar-refractivity contribution < 1.29 is 18.0 Å². The highest BCUT2D eigenvalue weighted by molar-refractivity contribution is 5.96. The van der Waals surface area contributed by atoms with Crippen LogP contribution in [0.1, 0.15) is 38.2 Å². The van der Waals surface area contributed by atoms with Gasteiger partial charge in [-0.3, -0.25) is 4.79 Å². The summed E-state index contributed by atoms with van der Waals surface area (Å²) in [5, 5.41) is 0. The van der Waals surface area contributed by atoms with Gasteiger partial charge in [0.1, 0.15) is 0 Å². The number of likely N-dealkylation sites (N-methyl/N-ethyl adjacent to an activating group) is 1. The molecule has 0 N–H and O–H groups in total. The van der Waals surface area contributed by atoms with E-state index in [1.54, 1.807) is 13.1 Å². The van der Waals surface area contributed by atoms with Crippen LogP contribution < -0.4 is 0 Å². The molecule has 23 heavy (non-hydrogen) atoms. The predicted octanol–water partition coefficient (Wildman–Crippen LogP) is 4.67. The van der Waals surface area contributed by atoms with Crippen molar-refractivity contribution >= 4 is 11.5 Å². The Bertz CT molecular complexity index is 557. The molecule has 0 aromatic heterocycles. The van der Waals surface area contributed by atoms with Gasteiger partial charge in [-0.2, -0.15) is 13.2 Å². The Balaban J connectivity index is 2.20. The summed E-state index contributed by atoms with van der Waals surface area (Å²) >= 11 is 0. The minimum absolute atomic E-state index is 0.0130. The molecular weight excluding hydrogens is 303 g/mol. The van der Waals surface area contributed by atoms with Crippen molar-refractivity contribution in [2.24, 2.45) is 5.92 Å². The molecule has 1 aliphatic rings. The van der Waals surface area contributed by atoms with Gasteiger partial charge in [-0.15, -0.1) is 0 Å². The average molecular weight is 325 g/mol. The predicted molar refractivity (Wildman–Crippen MR) is 84.7 cm³/mol. The van der Waals surface area contributed by atoms with E-state index in [1.807, 2.05) is 0 Å². The monoisotopic (exact) mass is 325 g/mol. The maximum absolute atomic E-state index is 13.3. The molecule has 0 unspecified atom stereocenters. The van der Waals surface area contributed by atoms with Gasteiger partial charge in [0.25, 0.3) is 0 Å². The second-order valence-electron chi connectivity index (χ2n) is 6.28. The maximum Gasteiger partial charge on any atom is 0.417 e. The Morgan fingerprint density at radius 3 is 2.22 bits per heavy atom. The van der Waals surface area contributed by atoms with Crippen LogP contribution in [0.4, 0.5) is 13.2 Å². The van der Waals surface area contributed by atoms with Crippen LogP contribution in [0.25, 0.3) is 5.57 Å². The molecule has 1 aromatic carbocycles. The SMILES string of the molecule is CC1CCC(N(C)C(=O)/C=C(/c2ccccc2)C(F)(F)F)CC1. The summed E-state index contributed by atoms with van der Waals surface area (Å²) in [6.45, 7) is 2.16. The van der Waals surface area contributed by atoms with Gasteiger partial charge in [0.05, 0.1) is 5.57 Å². The second-order valence-corrected chi connectivity index (χ2v) is 6.28. The highest BCUT2D eigenvalue weighted by Crippen LogP contribution is 2.34. The van der Waals surface area contributed by atoms with Gasteiger partial charge in [-0.05, 0) is 37.2 Å². The lowest BCUT2D eigenvalue weighted by Gasteiger charge is -2.33. The number of carbonyl (C=O) groups excluding carboxylic acids is 1. The molecule has 0 bridgehead atoms. The van der Waals surface area contributed by atoms with E-state index in [2.05, 4.69) is 6.92 Å². The highest BCUT2D eigenvalue weighted by Gasteiger charge is 2.36.